The van der Waals surface area contributed by atoms with Crippen molar-refractivity contribution >= 4 is 94.4 Å². The first-order valence-electron chi connectivity index (χ1n) is 14.2. The van der Waals surface area contributed by atoms with Gasteiger partial charge in [-0.3, -0.25) is 0 Å². The van der Waals surface area contributed by atoms with E-state index in [2.05, 4.69) is 0 Å². The topological polar surface area (TPSA) is 127 Å². The molecule has 4 atom stereocenters. The van der Waals surface area contributed by atoms with E-state index >= 15 is 0 Å². The molecule has 1 aliphatic rings. The third kappa shape index (κ3) is 17.2. The van der Waals surface area contributed by atoms with Gasteiger partial charge in [0.25, 0.3) is 0 Å². The zero-order chi connectivity index (χ0) is 33.0. The van der Waals surface area contributed by atoms with Gasteiger partial charge in [0.05, 0.1) is 0 Å². The maximum Gasteiger partial charge on any atom is 0.331 e. The largest absolute Gasteiger partial charge is 0.478 e. The summed E-state index contributed by atoms with van der Waals surface area (Å²) in [4.78, 5) is 48.0. The van der Waals surface area contributed by atoms with Crippen LogP contribution in [-0.4, -0.2) is 103 Å². The fourth-order valence-electron chi connectivity index (χ4n) is 3.77. The number of rotatable bonds is 20. The van der Waals surface area contributed by atoms with Gasteiger partial charge in [-0.25, -0.2) is 19.2 Å². The minimum atomic E-state index is -1.19. The molecule has 1 saturated heterocycles. The number of thioether (sulfide) groups is 6. The standard InChI is InChI=1S/C32H36O8S6/c33-29(34)11-13-31(37)39-23(17-43-25-7-3-1-4-8-25)15-41-19-27-21-46-28(22-45-27)20-42-16-24(40-32(38)14-12-30(35)36)18-44-26-9-5-2-6-10-26/h1-14,23-24,27-28H,15-22H2,(H,33,34)(H,35,36). The molecule has 14 heteroatoms. The van der Waals surface area contributed by atoms with Gasteiger partial charge in [-0.15, -0.1) is 23.5 Å². The molecule has 2 aromatic rings. The first-order chi connectivity index (χ1) is 22.3. The van der Waals surface area contributed by atoms with E-state index in [1.54, 1.807) is 47.0 Å². The van der Waals surface area contributed by atoms with Crippen LogP contribution in [0.3, 0.4) is 0 Å². The molecule has 0 amide bonds. The summed E-state index contributed by atoms with van der Waals surface area (Å²) in [5, 5.41) is 18.6. The van der Waals surface area contributed by atoms with Crippen molar-refractivity contribution in [2.24, 2.45) is 0 Å². The Labute approximate surface area is 295 Å². The number of benzene rings is 2. The van der Waals surface area contributed by atoms with Crippen molar-refractivity contribution in [3.05, 3.63) is 85.0 Å². The minimum absolute atomic E-state index is 0.353. The highest BCUT2D eigenvalue weighted by molar-refractivity contribution is 8.09. The molecule has 0 aliphatic carbocycles. The van der Waals surface area contributed by atoms with Crippen molar-refractivity contribution in [2.45, 2.75) is 32.5 Å². The molecule has 2 aromatic carbocycles. The lowest BCUT2D eigenvalue weighted by Gasteiger charge is -2.28. The molecule has 4 unspecified atom stereocenters. The zero-order valence-electron chi connectivity index (χ0n) is 24.8. The molecule has 1 fully saturated rings. The summed E-state index contributed by atoms with van der Waals surface area (Å²) < 4.78 is 11.1. The molecule has 2 N–H and O–H groups in total. The zero-order valence-corrected chi connectivity index (χ0v) is 29.7. The molecule has 0 bridgehead atoms. The Morgan fingerprint density at radius 3 is 1.39 bits per heavy atom. The fourth-order valence-corrected chi connectivity index (χ4v) is 11.9. The number of carbonyl (C=O) groups excluding carboxylic acids is 2. The molecule has 46 heavy (non-hydrogen) atoms. The fraction of sp³-hybridized carbons (Fsp3) is 0.375. The van der Waals surface area contributed by atoms with Crippen molar-refractivity contribution in [3.8, 4) is 0 Å². The number of aliphatic carboxylic acids is 2. The van der Waals surface area contributed by atoms with Gasteiger partial charge >= 0.3 is 23.9 Å². The van der Waals surface area contributed by atoms with E-state index < -0.39 is 23.9 Å². The first-order valence-corrected chi connectivity index (χ1v) is 20.6. The highest BCUT2D eigenvalue weighted by Crippen LogP contribution is 2.34. The molecule has 8 nitrogen and oxygen atoms in total. The molecule has 1 aliphatic heterocycles. The summed E-state index contributed by atoms with van der Waals surface area (Å²) in [6.45, 7) is 0. The second-order valence-electron chi connectivity index (χ2n) is 9.69. The van der Waals surface area contributed by atoms with Crippen LogP contribution in [0.1, 0.15) is 0 Å². The summed E-state index contributed by atoms with van der Waals surface area (Å²) >= 11 is 10.6. The lowest BCUT2D eigenvalue weighted by atomic mass is 10.4. The Bertz CT molecular complexity index is 1190. The second kappa shape index (κ2) is 22.5. The van der Waals surface area contributed by atoms with Gasteiger partial charge in [-0.1, -0.05) is 36.4 Å². The Hall–Kier alpha value is -2.10. The summed E-state index contributed by atoms with van der Waals surface area (Å²) in [7, 11) is 0. The highest BCUT2D eigenvalue weighted by atomic mass is 32.2. The third-order valence-electron chi connectivity index (χ3n) is 5.90. The second-order valence-corrected chi connectivity index (χ2v) is 16.7. The molecule has 0 spiro atoms. The van der Waals surface area contributed by atoms with Crippen LogP contribution < -0.4 is 0 Å². The number of carbonyl (C=O) groups is 4. The van der Waals surface area contributed by atoms with E-state index in [0.717, 1.165) is 57.1 Å². The van der Waals surface area contributed by atoms with Gasteiger partial charge < -0.3 is 19.7 Å². The molecule has 3 rings (SSSR count). The van der Waals surface area contributed by atoms with Crippen molar-refractivity contribution < 1.29 is 38.9 Å². The van der Waals surface area contributed by atoms with E-state index in [0.29, 0.717) is 33.5 Å². The highest BCUT2D eigenvalue weighted by Gasteiger charge is 2.24. The Balaban J connectivity index is 1.39. The predicted octanol–water partition coefficient (Wildman–Crippen LogP) is 6.36. The first kappa shape index (κ1) is 38.3. The number of hydrogen-bond acceptors (Lipinski definition) is 12. The summed E-state index contributed by atoms with van der Waals surface area (Å²) in [5.74, 6) is 2.56. The molecule has 0 aromatic heterocycles. The van der Waals surface area contributed by atoms with Gasteiger partial charge in [-0.2, -0.15) is 47.0 Å². The number of esters is 2. The predicted molar refractivity (Wildman–Crippen MR) is 195 cm³/mol. The average molecular weight is 741 g/mol. The van der Waals surface area contributed by atoms with Crippen LogP contribution in [0, 0.1) is 0 Å². The number of ether oxygens (including phenoxy) is 2. The monoisotopic (exact) mass is 740 g/mol. The maximum atomic E-state index is 12.2. The number of carboxylic acids is 2. The minimum Gasteiger partial charge on any atom is -0.478 e. The Morgan fingerprint density at radius 2 is 1.04 bits per heavy atom. The number of carboxylic acid groups (broad SMARTS) is 2. The van der Waals surface area contributed by atoms with Crippen molar-refractivity contribution in [1.82, 2.24) is 0 Å². The molecule has 0 radical (unpaired) electrons. The van der Waals surface area contributed by atoms with Gasteiger partial charge in [0.15, 0.2) is 0 Å². The van der Waals surface area contributed by atoms with Gasteiger partial charge in [-0.05, 0) is 24.3 Å². The molecule has 0 saturated carbocycles. The Kier molecular flexibility index (Phi) is 18.7. The van der Waals surface area contributed by atoms with Crippen LogP contribution in [0.5, 0.6) is 0 Å². The van der Waals surface area contributed by atoms with E-state index in [4.69, 9.17) is 19.7 Å². The van der Waals surface area contributed by atoms with E-state index in [9.17, 15) is 19.2 Å². The lowest BCUT2D eigenvalue weighted by molar-refractivity contribution is -0.142. The quantitative estimate of drug-likeness (QED) is 0.0888. The maximum absolute atomic E-state index is 12.2. The smallest absolute Gasteiger partial charge is 0.331 e. The summed E-state index contributed by atoms with van der Waals surface area (Å²) in [5.41, 5.74) is 0. The normalized spacial score (nSPS) is 17.8. The number of hydrogen-bond donors (Lipinski definition) is 2. The lowest BCUT2D eigenvalue weighted by Crippen LogP contribution is -2.27. The van der Waals surface area contributed by atoms with Crippen LogP contribution >= 0.6 is 70.6 Å². The van der Waals surface area contributed by atoms with E-state index in [1.165, 1.54) is 0 Å². The molecule has 248 valence electrons. The summed E-state index contributed by atoms with van der Waals surface area (Å²) in [6, 6.07) is 19.7. The van der Waals surface area contributed by atoms with Crippen LogP contribution in [-0.2, 0) is 28.7 Å². The Morgan fingerprint density at radius 1 is 0.652 bits per heavy atom. The van der Waals surface area contributed by atoms with Crippen molar-refractivity contribution in [3.63, 3.8) is 0 Å². The van der Waals surface area contributed by atoms with Crippen LogP contribution in [0.2, 0.25) is 0 Å². The third-order valence-corrected chi connectivity index (χ3v) is 14.3. The average Bonchev–Trinajstić information content (AvgIpc) is 3.05. The van der Waals surface area contributed by atoms with Crippen LogP contribution in [0.25, 0.3) is 0 Å². The van der Waals surface area contributed by atoms with E-state index in [-0.39, 0.29) is 12.2 Å². The van der Waals surface area contributed by atoms with Gasteiger partial charge in [0.1, 0.15) is 12.2 Å². The molecular formula is C32H36O8S6. The molecular weight excluding hydrogens is 705 g/mol. The van der Waals surface area contributed by atoms with Crippen LogP contribution in [0.15, 0.2) is 94.8 Å². The van der Waals surface area contributed by atoms with Crippen LogP contribution in [0.4, 0.5) is 0 Å². The summed E-state index contributed by atoms with van der Waals surface area (Å²) in [6.07, 6.45) is 2.77. The van der Waals surface area contributed by atoms with E-state index in [1.807, 2.05) is 84.2 Å². The van der Waals surface area contributed by atoms with Gasteiger partial charge in [0, 0.05) is 90.6 Å². The van der Waals surface area contributed by atoms with Crippen molar-refractivity contribution in [2.75, 3.05) is 46.0 Å². The molecule has 1 heterocycles. The SMILES string of the molecule is O=C(O)C=CC(=O)OC(CSCC1CSC(CSCC(CSc2ccccc2)OC(=O)C=CC(=O)O)CS1)CSc1ccccc1. The van der Waals surface area contributed by atoms with Crippen molar-refractivity contribution in [1.29, 1.82) is 0 Å². The van der Waals surface area contributed by atoms with Gasteiger partial charge in [0.2, 0.25) is 0 Å².